The van der Waals surface area contributed by atoms with Crippen LogP contribution in [0.2, 0.25) is 0 Å². The van der Waals surface area contributed by atoms with Crippen LogP contribution in [-0.4, -0.2) is 29.3 Å². The van der Waals surface area contributed by atoms with E-state index < -0.39 is 11.8 Å². The van der Waals surface area contributed by atoms with Crippen molar-refractivity contribution in [3.05, 3.63) is 89.5 Å². The van der Waals surface area contributed by atoms with Crippen molar-refractivity contribution in [2.75, 3.05) is 22.5 Å². The van der Waals surface area contributed by atoms with Gasteiger partial charge in [0.2, 0.25) is 0 Å². The lowest BCUT2D eigenvalue weighted by atomic mass is 9.97. The number of urea groups is 1. The molecule has 0 atom stereocenters. The lowest BCUT2D eigenvalue weighted by Crippen LogP contribution is -2.42. The second-order valence-electron chi connectivity index (χ2n) is 7.69. The van der Waals surface area contributed by atoms with Crippen LogP contribution >= 0.6 is 0 Å². The number of carbonyl (C=O) groups excluding carboxylic acids is 3. The highest BCUT2D eigenvalue weighted by atomic mass is 16.2. The van der Waals surface area contributed by atoms with Crippen molar-refractivity contribution in [3.63, 3.8) is 0 Å². The topological polar surface area (TPSA) is 90.5 Å². The van der Waals surface area contributed by atoms with E-state index >= 15 is 0 Å². The molecule has 1 heterocycles. The maximum Gasteiger partial charge on any atom is 0.323 e. The quantitative estimate of drug-likeness (QED) is 0.547. The normalized spacial score (nSPS) is 12.5. The summed E-state index contributed by atoms with van der Waals surface area (Å²) >= 11 is 0. The molecule has 162 valence electrons. The van der Waals surface area contributed by atoms with Gasteiger partial charge in [-0.25, -0.2) is 4.79 Å². The molecule has 0 radical (unpaired) electrons. The number of nitrogens with zero attached hydrogens (tertiary/aromatic N) is 1. The Hall–Kier alpha value is -4.13. The predicted octanol–water partition coefficient (Wildman–Crippen LogP) is 4.16. The molecule has 4 amide bonds. The van der Waals surface area contributed by atoms with E-state index in [-0.39, 0.29) is 6.03 Å². The van der Waals surface area contributed by atoms with Crippen molar-refractivity contribution in [1.29, 1.82) is 0 Å². The zero-order chi connectivity index (χ0) is 22.5. The summed E-state index contributed by atoms with van der Waals surface area (Å²) in [4.78, 5) is 39.0. The van der Waals surface area contributed by atoms with Gasteiger partial charge in [0.1, 0.15) is 0 Å². The third-order valence-electron chi connectivity index (χ3n) is 5.34. The van der Waals surface area contributed by atoms with Crippen LogP contribution in [0.4, 0.5) is 21.9 Å². The predicted molar refractivity (Wildman–Crippen MR) is 124 cm³/mol. The summed E-state index contributed by atoms with van der Waals surface area (Å²) in [5.74, 6) is -1.23. The third kappa shape index (κ3) is 4.95. The molecule has 32 heavy (non-hydrogen) atoms. The molecule has 3 N–H and O–H groups in total. The second kappa shape index (κ2) is 9.34. The molecule has 4 rings (SSSR count). The molecule has 7 nitrogen and oxygen atoms in total. The van der Waals surface area contributed by atoms with Gasteiger partial charge < -0.3 is 20.9 Å². The minimum atomic E-state index is -0.658. The Bertz CT molecular complexity index is 1140. The van der Waals surface area contributed by atoms with Gasteiger partial charge in [-0.3, -0.25) is 9.59 Å². The first-order chi connectivity index (χ1) is 15.5. The van der Waals surface area contributed by atoms with Crippen LogP contribution in [0.1, 0.15) is 16.7 Å². The van der Waals surface area contributed by atoms with Crippen LogP contribution in [-0.2, 0) is 22.6 Å². The van der Waals surface area contributed by atoms with Crippen LogP contribution in [0.25, 0.3) is 0 Å². The van der Waals surface area contributed by atoms with Crippen molar-refractivity contribution >= 4 is 34.9 Å². The Labute approximate surface area is 186 Å². The van der Waals surface area contributed by atoms with Gasteiger partial charge in [-0.05, 0) is 54.8 Å². The monoisotopic (exact) mass is 428 g/mol. The highest BCUT2D eigenvalue weighted by molar-refractivity contribution is 6.39. The van der Waals surface area contributed by atoms with E-state index in [4.69, 9.17) is 0 Å². The second-order valence-corrected chi connectivity index (χ2v) is 7.69. The average molecular weight is 428 g/mol. The fraction of sp³-hybridized carbons (Fsp3) is 0.160. The van der Waals surface area contributed by atoms with E-state index in [1.165, 1.54) is 4.90 Å². The number of benzene rings is 3. The number of aryl methyl sites for hydroxylation is 1. The fourth-order valence-electron chi connectivity index (χ4n) is 3.67. The molecule has 0 unspecified atom stereocenters. The van der Waals surface area contributed by atoms with Gasteiger partial charge in [-0.1, -0.05) is 48.0 Å². The summed E-state index contributed by atoms with van der Waals surface area (Å²) in [6, 6.07) is 21.7. The number of rotatable bonds is 3. The van der Waals surface area contributed by atoms with Crippen molar-refractivity contribution in [2.24, 2.45) is 0 Å². The lowest BCUT2D eigenvalue weighted by molar-refractivity contribution is -0.143. The molecule has 3 aromatic rings. The van der Waals surface area contributed by atoms with E-state index in [0.717, 1.165) is 16.7 Å². The highest BCUT2D eigenvalue weighted by Gasteiger charge is 2.27. The minimum Gasteiger partial charge on any atom is -0.330 e. The van der Waals surface area contributed by atoms with E-state index in [9.17, 15) is 14.4 Å². The smallest absolute Gasteiger partial charge is 0.323 e. The number of carbonyl (C=O) groups is 3. The van der Waals surface area contributed by atoms with Crippen LogP contribution in [0.15, 0.2) is 72.8 Å². The Balaban J connectivity index is 1.40. The maximum atomic E-state index is 12.7. The van der Waals surface area contributed by atoms with E-state index in [1.807, 2.05) is 67.6 Å². The molecule has 0 fully saturated rings. The van der Waals surface area contributed by atoms with Gasteiger partial charge in [0.05, 0.1) is 0 Å². The van der Waals surface area contributed by atoms with Crippen molar-refractivity contribution in [3.8, 4) is 0 Å². The Morgan fingerprint density at radius 2 is 1.50 bits per heavy atom. The van der Waals surface area contributed by atoms with Crippen LogP contribution < -0.4 is 16.0 Å². The number of hydrogen-bond donors (Lipinski definition) is 3. The fourth-order valence-corrected chi connectivity index (χ4v) is 3.67. The molecular formula is C25H24N4O3. The molecule has 3 aromatic carbocycles. The number of hydrogen-bond acceptors (Lipinski definition) is 3. The molecule has 0 spiro atoms. The summed E-state index contributed by atoms with van der Waals surface area (Å²) in [5, 5.41) is 8.34. The van der Waals surface area contributed by atoms with Gasteiger partial charge in [0, 0.05) is 30.2 Å². The number of amides is 4. The Morgan fingerprint density at radius 3 is 2.25 bits per heavy atom. The van der Waals surface area contributed by atoms with E-state index in [0.29, 0.717) is 36.6 Å². The lowest BCUT2D eigenvalue weighted by Gasteiger charge is -2.29. The minimum absolute atomic E-state index is 0.311. The van der Waals surface area contributed by atoms with Gasteiger partial charge >= 0.3 is 17.8 Å². The van der Waals surface area contributed by atoms with Crippen LogP contribution in [0.3, 0.4) is 0 Å². The number of nitrogens with one attached hydrogen (secondary N) is 3. The molecular weight excluding hydrogens is 404 g/mol. The summed E-state index contributed by atoms with van der Waals surface area (Å²) < 4.78 is 0. The largest absolute Gasteiger partial charge is 0.330 e. The van der Waals surface area contributed by atoms with E-state index in [2.05, 4.69) is 16.0 Å². The van der Waals surface area contributed by atoms with Gasteiger partial charge in [0.15, 0.2) is 0 Å². The molecule has 0 bridgehead atoms. The molecule has 0 saturated carbocycles. The SMILES string of the molecule is Cc1ccc(NC(=O)C(=O)N2CCc3c(cccc3NC(=O)Nc3ccccc3)C2)cc1. The number of fused-ring (bicyclic) bond motifs is 1. The molecule has 0 saturated heterocycles. The standard InChI is InChI=1S/C25H24N4O3/c1-17-10-12-20(13-11-17)26-23(30)24(31)29-15-14-21-18(16-29)6-5-9-22(21)28-25(32)27-19-7-3-2-4-8-19/h2-13H,14-16H2,1H3,(H,26,30)(H2,27,28,32). The number of anilines is 3. The molecule has 0 aliphatic carbocycles. The third-order valence-corrected chi connectivity index (χ3v) is 5.34. The van der Waals surface area contributed by atoms with Gasteiger partial charge in [0.25, 0.3) is 0 Å². The van der Waals surface area contributed by atoms with Crippen LogP contribution in [0, 0.1) is 6.92 Å². The van der Waals surface area contributed by atoms with Crippen molar-refractivity contribution in [1.82, 2.24) is 4.90 Å². The summed E-state index contributed by atoms with van der Waals surface area (Å²) in [5.41, 5.74) is 4.94. The van der Waals surface area contributed by atoms with Crippen molar-refractivity contribution in [2.45, 2.75) is 19.9 Å². The first kappa shape index (κ1) is 21.1. The average Bonchev–Trinajstić information content (AvgIpc) is 2.80. The molecule has 1 aliphatic rings. The van der Waals surface area contributed by atoms with Crippen LogP contribution in [0.5, 0.6) is 0 Å². The van der Waals surface area contributed by atoms with Crippen molar-refractivity contribution < 1.29 is 14.4 Å². The van der Waals surface area contributed by atoms with Gasteiger partial charge in [-0.15, -0.1) is 0 Å². The zero-order valence-electron chi connectivity index (χ0n) is 17.7. The summed E-state index contributed by atoms with van der Waals surface area (Å²) in [6.07, 6.45) is 0.542. The number of para-hydroxylation sites is 1. The zero-order valence-corrected chi connectivity index (χ0v) is 17.7. The molecule has 0 aromatic heterocycles. The molecule has 7 heteroatoms. The first-order valence-electron chi connectivity index (χ1n) is 10.4. The van der Waals surface area contributed by atoms with E-state index in [1.54, 1.807) is 12.1 Å². The Kier molecular flexibility index (Phi) is 6.17. The highest BCUT2D eigenvalue weighted by Crippen LogP contribution is 2.26. The maximum absolute atomic E-state index is 12.7. The Morgan fingerprint density at radius 1 is 0.781 bits per heavy atom. The molecule has 1 aliphatic heterocycles. The van der Waals surface area contributed by atoms with Gasteiger partial charge in [-0.2, -0.15) is 0 Å². The first-order valence-corrected chi connectivity index (χ1v) is 10.4. The summed E-state index contributed by atoms with van der Waals surface area (Å²) in [7, 11) is 0. The summed E-state index contributed by atoms with van der Waals surface area (Å²) in [6.45, 7) is 2.66.